The summed E-state index contributed by atoms with van der Waals surface area (Å²) in [5.74, 6) is -1.57. The van der Waals surface area contributed by atoms with Gasteiger partial charge in [-0.1, -0.05) is 84.9 Å². The summed E-state index contributed by atoms with van der Waals surface area (Å²) in [6.07, 6.45) is 1.20. The van der Waals surface area contributed by atoms with Crippen LogP contribution in [0.5, 0.6) is 0 Å². The number of likely N-dealkylation sites (N-methyl/N-ethyl adjacent to an activating group) is 1. The SMILES string of the molecule is CCNC(=O)[C@H](Cc1ccccc1)N(Cc1ccccc1F)C(=O)CN(c1cccc2ccccc12)S(C)(=O)=O. The number of halogens is 1. The van der Waals surface area contributed by atoms with E-state index in [1.54, 1.807) is 49.4 Å². The van der Waals surface area contributed by atoms with Gasteiger partial charge in [0.15, 0.2) is 0 Å². The summed E-state index contributed by atoms with van der Waals surface area (Å²) in [4.78, 5) is 28.7. The number of hydrogen-bond donors (Lipinski definition) is 1. The first-order valence-electron chi connectivity index (χ1n) is 13.0. The molecular weight excluding hydrogens is 529 g/mol. The fourth-order valence-corrected chi connectivity index (χ4v) is 5.54. The molecule has 4 aromatic carbocycles. The minimum atomic E-state index is -3.92. The van der Waals surface area contributed by atoms with Crippen molar-refractivity contribution in [2.75, 3.05) is 23.7 Å². The van der Waals surface area contributed by atoms with Crippen LogP contribution in [0, 0.1) is 5.82 Å². The lowest BCUT2D eigenvalue weighted by Crippen LogP contribution is -2.53. The van der Waals surface area contributed by atoms with E-state index in [1.807, 2.05) is 48.5 Å². The molecule has 0 unspecified atom stereocenters. The maximum atomic E-state index is 14.8. The van der Waals surface area contributed by atoms with Crippen molar-refractivity contribution in [1.29, 1.82) is 0 Å². The van der Waals surface area contributed by atoms with Crippen LogP contribution in [-0.2, 0) is 32.6 Å². The first-order valence-corrected chi connectivity index (χ1v) is 14.8. The largest absolute Gasteiger partial charge is 0.355 e. The summed E-state index contributed by atoms with van der Waals surface area (Å²) in [6.45, 7) is 1.32. The van der Waals surface area contributed by atoms with E-state index in [2.05, 4.69) is 5.32 Å². The standard InChI is InChI=1S/C31H32FN3O4S/c1-3-33-31(37)29(20-23-12-5-4-6-13-23)34(21-25-15-8-10-18-27(25)32)30(36)22-35(40(2,38)39)28-19-11-16-24-14-7-9-17-26(24)28/h4-19,29H,3,20-22H2,1-2H3,(H,33,37)/t29-/m0/s1. The average Bonchev–Trinajstić information content (AvgIpc) is 2.94. The lowest BCUT2D eigenvalue weighted by molar-refractivity contribution is -0.140. The Morgan fingerprint density at radius 3 is 2.23 bits per heavy atom. The zero-order valence-electron chi connectivity index (χ0n) is 22.5. The molecule has 0 heterocycles. The Bertz CT molecular complexity index is 1590. The third-order valence-electron chi connectivity index (χ3n) is 6.64. The minimum absolute atomic E-state index is 0.167. The molecule has 0 aliphatic carbocycles. The van der Waals surface area contributed by atoms with Crippen LogP contribution in [0.15, 0.2) is 97.1 Å². The number of rotatable bonds is 11. The molecule has 0 saturated carbocycles. The number of fused-ring (bicyclic) bond motifs is 1. The van der Waals surface area contributed by atoms with E-state index in [0.29, 0.717) is 17.6 Å². The third kappa shape index (κ3) is 6.84. The predicted molar refractivity (Wildman–Crippen MR) is 156 cm³/mol. The quantitative estimate of drug-likeness (QED) is 0.292. The molecule has 1 N–H and O–H groups in total. The van der Waals surface area contributed by atoms with Crippen molar-refractivity contribution in [3.63, 3.8) is 0 Å². The molecule has 40 heavy (non-hydrogen) atoms. The van der Waals surface area contributed by atoms with Crippen LogP contribution < -0.4 is 9.62 Å². The number of nitrogens with zero attached hydrogens (tertiary/aromatic N) is 2. The van der Waals surface area contributed by atoms with Gasteiger partial charge in [0.25, 0.3) is 0 Å². The summed E-state index contributed by atoms with van der Waals surface area (Å²) >= 11 is 0. The number of nitrogens with one attached hydrogen (secondary N) is 1. The molecule has 0 saturated heterocycles. The summed E-state index contributed by atoms with van der Waals surface area (Å²) in [7, 11) is -3.92. The van der Waals surface area contributed by atoms with Crippen molar-refractivity contribution in [3.8, 4) is 0 Å². The van der Waals surface area contributed by atoms with Crippen LogP contribution in [0.2, 0.25) is 0 Å². The molecule has 9 heteroatoms. The molecule has 0 aliphatic rings. The first kappa shape index (κ1) is 28.8. The number of carbonyl (C=O) groups excluding carboxylic acids is 2. The predicted octanol–water partition coefficient (Wildman–Crippen LogP) is 4.52. The van der Waals surface area contributed by atoms with Gasteiger partial charge in [-0.25, -0.2) is 12.8 Å². The molecule has 208 valence electrons. The van der Waals surface area contributed by atoms with Crippen LogP contribution >= 0.6 is 0 Å². The number of carbonyl (C=O) groups is 2. The van der Waals surface area contributed by atoms with Gasteiger partial charge in [0.05, 0.1) is 11.9 Å². The van der Waals surface area contributed by atoms with Crippen molar-refractivity contribution in [3.05, 3.63) is 114 Å². The van der Waals surface area contributed by atoms with Crippen LogP contribution in [0.1, 0.15) is 18.1 Å². The Morgan fingerprint density at radius 2 is 1.52 bits per heavy atom. The molecule has 4 aromatic rings. The Hall–Kier alpha value is -4.24. The lowest BCUT2D eigenvalue weighted by Gasteiger charge is -2.33. The maximum Gasteiger partial charge on any atom is 0.244 e. The second-order valence-corrected chi connectivity index (χ2v) is 11.4. The summed E-state index contributed by atoms with van der Waals surface area (Å²) < 4.78 is 42.0. The van der Waals surface area contributed by atoms with Crippen LogP contribution in [0.4, 0.5) is 10.1 Å². The fourth-order valence-electron chi connectivity index (χ4n) is 4.68. The van der Waals surface area contributed by atoms with Crippen molar-refractivity contribution < 1.29 is 22.4 Å². The Kier molecular flexibility index (Phi) is 9.16. The second kappa shape index (κ2) is 12.7. The van der Waals surface area contributed by atoms with Gasteiger partial charge in [-0.05, 0) is 30.0 Å². The smallest absolute Gasteiger partial charge is 0.244 e. The molecule has 0 bridgehead atoms. The van der Waals surface area contributed by atoms with Crippen LogP contribution in [0.3, 0.4) is 0 Å². The van der Waals surface area contributed by atoms with Crippen molar-refractivity contribution in [1.82, 2.24) is 10.2 Å². The van der Waals surface area contributed by atoms with E-state index in [1.165, 1.54) is 11.0 Å². The van der Waals surface area contributed by atoms with Crippen molar-refractivity contribution in [2.24, 2.45) is 0 Å². The molecule has 0 fully saturated rings. The lowest BCUT2D eigenvalue weighted by atomic mass is 10.0. The van der Waals surface area contributed by atoms with Gasteiger partial charge in [-0.2, -0.15) is 0 Å². The summed E-state index contributed by atoms with van der Waals surface area (Å²) in [6, 6.07) is 26.7. The van der Waals surface area contributed by atoms with Gasteiger partial charge >= 0.3 is 0 Å². The topological polar surface area (TPSA) is 86.8 Å². The highest BCUT2D eigenvalue weighted by atomic mass is 32.2. The molecule has 4 rings (SSSR count). The van der Waals surface area contributed by atoms with E-state index in [4.69, 9.17) is 0 Å². The van der Waals surface area contributed by atoms with Crippen molar-refractivity contribution >= 4 is 38.3 Å². The Labute approximate surface area is 234 Å². The zero-order chi connectivity index (χ0) is 28.7. The molecule has 7 nitrogen and oxygen atoms in total. The van der Waals surface area contributed by atoms with Gasteiger partial charge < -0.3 is 10.2 Å². The van der Waals surface area contributed by atoms with E-state index in [-0.39, 0.29) is 18.5 Å². The van der Waals surface area contributed by atoms with Crippen LogP contribution in [0.25, 0.3) is 10.8 Å². The van der Waals surface area contributed by atoms with E-state index >= 15 is 0 Å². The maximum absolute atomic E-state index is 14.8. The molecule has 0 spiro atoms. The number of benzene rings is 4. The number of amides is 2. The van der Waals surface area contributed by atoms with Crippen molar-refractivity contribution in [2.45, 2.75) is 25.9 Å². The fraction of sp³-hybridized carbons (Fsp3) is 0.226. The number of anilines is 1. The number of hydrogen-bond acceptors (Lipinski definition) is 4. The molecular formula is C31H32FN3O4S. The Balaban J connectivity index is 1.78. The molecule has 1 atom stereocenters. The molecule has 2 amide bonds. The third-order valence-corrected chi connectivity index (χ3v) is 7.76. The normalized spacial score (nSPS) is 12.1. The van der Waals surface area contributed by atoms with E-state index in [9.17, 15) is 22.4 Å². The Morgan fingerprint density at radius 1 is 0.875 bits per heavy atom. The summed E-state index contributed by atoms with van der Waals surface area (Å²) in [5.41, 5.74) is 1.37. The van der Waals surface area contributed by atoms with Gasteiger partial charge in [-0.3, -0.25) is 13.9 Å². The monoisotopic (exact) mass is 561 g/mol. The van der Waals surface area contributed by atoms with Gasteiger partial charge in [-0.15, -0.1) is 0 Å². The van der Waals surface area contributed by atoms with E-state index in [0.717, 1.165) is 21.5 Å². The zero-order valence-corrected chi connectivity index (χ0v) is 23.3. The second-order valence-electron chi connectivity index (χ2n) is 9.48. The average molecular weight is 562 g/mol. The van der Waals surface area contributed by atoms with E-state index < -0.39 is 40.2 Å². The molecule has 0 aliphatic heterocycles. The minimum Gasteiger partial charge on any atom is -0.355 e. The molecule has 0 aromatic heterocycles. The van der Waals surface area contributed by atoms with Gasteiger partial charge in [0, 0.05) is 30.5 Å². The highest BCUT2D eigenvalue weighted by Gasteiger charge is 2.33. The van der Waals surface area contributed by atoms with Crippen LogP contribution in [-0.4, -0.2) is 50.5 Å². The summed E-state index contributed by atoms with van der Waals surface area (Å²) in [5, 5.41) is 4.26. The van der Waals surface area contributed by atoms with Gasteiger partial charge in [0.1, 0.15) is 18.4 Å². The highest BCUT2D eigenvalue weighted by Crippen LogP contribution is 2.29. The highest BCUT2D eigenvalue weighted by molar-refractivity contribution is 7.92. The molecule has 0 radical (unpaired) electrons. The van der Waals surface area contributed by atoms with Gasteiger partial charge in [0.2, 0.25) is 21.8 Å². The first-order chi connectivity index (χ1) is 19.2. The number of sulfonamides is 1.